The Balaban J connectivity index is 1.45. The number of aromatic nitrogens is 3. The second kappa shape index (κ2) is 6.62. The Morgan fingerprint density at radius 1 is 1.26 bits per heavy atom. The minimum atomic E-state index is -3.81. The number of hydrogen-bond donors (Lipinski definition) is 1. The Hall–Kier alpha value is -3.01. The zero-order chi connectivity index (χ0) is 19.0. The van der Waals surface area contributed by atoms with Crippen LogP contribution < -0.4 is 14.2 Å². The van der Waals surface area contributed by atoms with Gasteiger partial charge in [-0.1, -0.05) is 17.3 Å². The van der Waals surface area contributed by atoms with Crippen molar-refractivity contribution < 1.29 is 22.4 Å². The Morgan fingerprint density at radius 2 is 2.04 bits per heavy atom. The number of hydrogen-bond acceptors (Lipinski definition) is 7. The number of fused-ring (bicyclic) bond motifs is 1. The van der Waals surface area contributed by atoms with Crippen molar-refractivity contribution in [2.75, 3.05) is 11.3 Å². The summed E-state index contributed by atoms with van der Waals surface area (Å²) in [6, 6.07) is 7.45. The van der Waals surface area contributed by atoms with Crippen molar-refractivity contribution in [1.82, 2.24) is 14.9 Å². The molecule has 4 rings (SSSR count). The number of benzene rings is 1. The molecule has 1 atom stereocenters. The lowest BCUT2D eigenvalue weighted by Gasteiger charge is -2.26. The van der Waals surface area contributed by atoms with Crippen LogP contribution in [0.15, 0.2) is 46.1 Å². The van der Waals surface area contributed by atoms with E-state index in [4.69, 9.17) is 14.0 Å². The first-order chi connectivity index (χ1) is 12.9. The van der Waals surface area contributed by atoms with Crippen LogP contribution in [0, 0.1) is 13.8 Å². The number of ether oxygens (including phenoxy) is 2. The highest BCUT2D eigenvalue weighted by Gasteiger charge is 2.25. The molecule has 1 aliphatic rings. The van der Waals surface area contributed by atoms with Gasteiger partial charge >= 0.3 is 0 Å². The van der Waals surface area contributed by atoms with Crippen LogP contribution in [0.1, 0.15) is 11.5 Å². The molecular formula is C17H18N4O5S. The zero-order valence-corrected chi connectivity index (χ0v) is 15.6. The van der Waals surface area contributed by atoms with Gasteiger partial charge in [-0.3, -0.25) is 9.40 Å². The van der Waals surface area contributed by atoms with Crippen molar-refractivity contribution in [3.63, 3.8) is 0 Å². The molecule has 1 aromatic carbocycles. The minimum absolute atomic E-state index is 0.0378. The first-order valence-corrected chi connectivity index (χ1v) is 9.77. The number of nitrogens with zero attached hydrogens (tertiary/aromatic N) is 3. The van der Waals surface area contributed by atoms with Gasteiger partial charge in [-0.25, -0.2) is 8.42 Å². The molecule has 27 heavy (non-hydrogen) atoms. The van der Waals surface area contributed by atoms with E-state index >= 15 is 0 Å². The number of nitrogens with one attached hydrogen (secondary N) is 1. The molecule has 0 saturated heterocycles. The summed E-state index contributed by atoms with van der Waals surface area (Å²) in [4.78, 5) is 0.0378. The van der Waals surface area contributed by atoms with Gasteiger partial charge in [-0.15, -0.1) is 0 Å². The first-order valence-electron chi connectivity index (χ1n) is 8.29. The SMILES string of the molecule is Cc1noc(C)c1S(=O)(=O)Nc1cnn(C[C@H]2COc3ccccc3O2)c1. The van der Waals surface area contributed by atoms with E-state index in [1.165, 1.54) is 6.20 Å². The maximum absolute atomic E-state index is 12.5. The van der Waals surface area contributed by atoms with Gasteiger partial charge < -0.3 is 14.0 Å². The Labute approximate surface area is 155 Å². The van der Waals surface area contributed by atoms with Crippen molar-refractivity contribution in [2.24, 2.45) is 0 Å². The average Bonchev–Trinajstić information content (AvgIpc) is 3.20. The summed E-state index contributed by atoms with van der Waals surface area (Å²) >= 11 is 0. The van der Waals surface area contributed by atoms with E-state index in [1.807, 2.05) is 24.3 Å². The van der Waals surface area contributed by atoms with E-state index in [2.05, 4.69) is 15.0 Å². The van der Waals surface area contributed by atoms with Gasteiger partial charge in [-0.05, 0) is 26.0 Å². The lowest BCUT2D eigenvalue weighted by Crippen LogP contribution is -2.33. The standard InChI is InChI=1S/C17H18N4O5S/c1-11-17(12(2)26-19-11)27(22,23)20-13-7-18-21(8-13)9-14-10-24-15-5-3-4-6-16(15)25-14/h3-8,14,20H,9-10H2,1-2H3/t14-/m0/s1. The summed E-state index contributed by atoms with van der Waals surface area (Å²) in [5.74, 6) is 1.63. The molecule has 142 valence electrons. The molecule has 0 bridgehead atoms. The third-order valence-corrected chi connectivity index (χ3v) is 5.71. The van der Waals surface area contributed by atoms with Crippen LogP contribution in [0.2, 0.25) is 0 Å². The summed E-state index contributed by atoms with van der Waals surface area (Å²) in [7, 11) is -3.81. The maximum Gasteiger partial charge on any atom is 0.267 e. The second-order valence-electron chi connectivity index (χ2n) is 6.21. The summed E-state index contributed by atoms with van der Waals surface area (Å²) < 4.78 is 45.7. The number of para-hydroxylation sites is 2. The molecule has 10 heteroatoms. The quantitative estimate of drug-likeness (QED) is 0.711. The molecule has 0 unspecified atom stereocenters. The van der Waals surface area contributed by atoms with Gasteiger partial charge in [0.15, 0.2) is 28.3 Å². The molecule has 0 amide bonds. The summed E-state index contributed by atoms with van der Waals surface area (Å²) in [6.07, 6.45) is 2.80. The lowest BCUT2D eigenvalue weighted by molar-refractivity contribution is 0.0759. The van der Waals surface area contributed by atoms with Gasteiger partial charge in [0.1, 0.15) is 12.3 Å². The smallest absolute Gasteiger partial charge is 0.267 e. The highest BCUT2D eigenvalue weighted by atomic mass is 32.2. The third kappa shape index (κ3) is 3.47. The fraction of sp³-hybridized carbons (Fsp3) is 0.294. The van der Waals surface area contributed by atoms with E-state index < -0.39 is 10.0 Å². The second-order valence-corrected chi connectivity index (χ2v) is 7.83. The molecule has 0 saturated carbocycles. The van der Waals surface area contributed by atoms with Crippen LogP contribution in [0.25, 0.3) is 0 Å². The maximum atomic E-state index is 12.5. The fourth-order valence-electron chi connectivity index (χ4n) is 2.94. The number of rotatable bonds is 5. The molecule has 3 heterocycles. The van der Waals surface area contributed by atoms with Crippen molar-refractivity contribution >= 4 is 15.7 Å². The molecule has 0 aliphatic carbocycles. The normalized spacial score (nSPS) is 16.3. The van der Waals surface area contributed by atoms with Crippen LogP contribution in [0.3, 0.4) is 0 Å². The fourth-order valence-corrected chi connectivity index (χ4v) is 4.30. The molecular weight excluding hydrogens is 372 g/mol. The molecule has 1 aliphatic heterocycles. The first kappa shape index (κ1) is 17.4. The zero-order valence-electron chi connectivity index (χ0n) is 14.7. The predicted molar refractivity (Wildman–Crippen MR) is 95.4 cm³/mol. The van der Waals surface area contributed by atoms with Crippen molar-refractivity contribution in [1.29, 1.82) is 0 Å². The highest BCUT2D eigenvalue weighted by Crippen LogP contribution is 2.31. The lowest BCUT2D eigenvalue weighted by atomic mass is 10.2. The largest absolute Gasteiger partial charge is 0.486 e. The molecule has 3 aromatic rings. The average molecular weight is 390 g/mol. The molecule has 0 fully saturated rings. The highest BCUT2D eigenvalue weighted by molar-refractivity contribution is 7.92. The Bertz CT molecular complexity index is 1050. The monoisotopic (exact) mass is 390 g/mol. The topological polar surface area (TPSA) is 108 Å². The van der Waals surface area contributed by atoms with E-state index in [9.17, 15) is 8.42 Å². The summed E-state index contributed by atoms with van der Waals surface area (Å²) in [5.41, 5.74) is 0.644. The molecule has 1 N–H and O–H groups in total. The minimum Gasteiger partial charge on any atom is -0.486 e. The van der Waals surface area contributed by atoms with Crippen LogP contribution in [-0.4, -0.2) is 36.1 Å². The van der Waals surface area contributed by atoms with E-state index in [-0.39, 0.29) is 16.8 Å². The van der Waals surface area contributed by atoms with E-state index in [1.54, 1.807) is 24.7 Å². The van der Waals surface area contributed by atoms with Crippen molar-refractivity contribution in [3.05, 3.63) is 48.1 Å². The van der Waals surface area contributed by atoms with Crippen molar-refractivity contribution in [3.8, 4) is 11.5 Å². The number of aryl methyl sites for hydroxylation is 2. The van der Waals surface area contributed by atoms with Crippen LogP contribution in [-0.2, 0) is 16.6 Å². The van der Waals surface area contributed by atoms with Gasteiger partial charge in [-0.2, -0.15) is 5.10 Å². The number of anilines is 1. The van der Waals surface area contributed by atoms with Crippen LogP contribution in [0.5, 0.6) is 11.5 Å². The molecule has 0 spiro atoms. The number of sulfonamides is 1. The Kier molecular flexibility index (Phi) is 4.27. The van der Waals surface area contributed by atoms with Crippen LogP contribution >= 0.6 is 0 Å². The van der Waals surface area contributed by atoms with Gasteiger partial charge in [0.25, 0.3) is 10.0 Å². The predicted octanol–water partition coefficient (Wildman–Crippen LogP) is 2.13. The molecule has 2 aromatic heterocycles. The third-order valence-electron chi connectivity index (χ3n) is 4.08. The van der Waals surface area contributed by atoms with E-state index in [0.717, 1.165) is 0 Å². The molecule has 9 nitrogen and oxygen atoms in total. The van der Waals surface area contributed by atoms with Crippen LogP contribution in [0.4, 0.5) is 5.69 Å². The Morgan fingerprint density at radius 3 is 2.78 bits per heavy atom. The van der Waals surface area contributed by atoms with Gasteiger partial charge in [0, 0.05) is 6.20 Å². The van der Waals surface area contributed by atoms with E-state index in [0.29, 0.717) is 36.0 Å². The summed E-state index contributed by atoms with van der Waals surface area (Å²) in [5, 5.41) is 7.87. The van der Waals surface area contributed by atoms with Gasteiger partial charge in [0.2, 0.25) is 0 Å². The summed E-state index contributed by atoms with van der Waals surface area (Å²) in [6.45, 7) is 3.93. The van der Waals surface area contributed by atoms with Gasteiger partial charge in [0.05, 0.1) is 18.4 Å². The van der Waals surface area contributed by atoms with Crippen molar-refractivity contribution in [2.45, 2.75) is 31.4 Å². The molecule has 0 radical (unpaired) electrons.